The van der Waals surface area contributed by atoms with Gasteiger partial charge in [-0.3, -0.25) is 4.79 Å². The van der Waals surface area contributed by atoms with Crippen LogP contribution in [0, 0.1) is 0 Å². The molecule has 0 spiro atoms. The van der Waals surface area contributed by atoms with Crippen LogP contribution in [0.3, 0.4) is 0 Å². The van der Waals surface area contributed by atoms with Crippen LogP contribution in [0.25, 0.3) is 10.2 Å². The molecule has 1 aliphatic heterocycles. The molecular formula is C19H23F3N8OS. The number of hydrogen-bond donors (Lipinski definition) is 1. The maximum atomic E-state index is 13.2. The van der Waals surface area contributed by atoms with Crippen molar-refractivity contribution < 1.29 is 18.0 Å². The predicted octanol–water partition coefficient (Wildman–Crippen LogP) is 2.46. The van der Waals surface area contributed by atoms with E-state index in [0.29, 0.717) is 37.8 Å². The number of halogens is 3. The number of aryl methyl sites for hydroxylation is 1. The van der Waals surface area contributed by atoms with Gasteiger partial charge in [-0.1, -0.05) is 13.3 Å². The molecule has 13 heteroatoms. The Kier molecular flexibility index (Phi) is 6.17. The van der Waals surface area contributed by atoms with Gasteiger partial charge in [0.05, 0.1) is 11.9 Å². The summed E-state index contributed by atoms with van der Waals surface area (Å²) in [6, 6.07) is 2.07. The van der Waals surface area contributed by atoms with Crippen molar-refractivity contribution in [2.75, 3.05) is 36.5 Å². The van der Waals surface area contributed by atoms with Crippen LogP contribution >= 0.6 is 11.3 Å². The summed E-state index contributed by atoms with van der Waals surface area (Å²) in [7, 11) is 1.83. The largest absolute Gasteiger partial charge is 0.451 e. The average Bonchev–Trinajstić information content (AvgIpc) is 3.36. The van der Waals surface area contributed by atoms with E-state index < -0.39 is 12.0 Å². The van der Waals surface area contributed by atoms with Crippen molar-refractivity contribution in [1.29, 1.82) is 0 Å². The van der Waals surface area contributed by atoms with Gasteiger partial charge in [-0.05, 0) is 12.5 Å². The van der Waals surface area contributed by atoms with Gasteiger partial charge in [0.15, 0.2) is 5.82 Å². The Morgan fingerprint density at radius 2 is 2.09 bits per heavy atom. The molecule has 4 rings (SSSR count). The second-order valence-corrected chi connectivity index (χ2v) is 8.65. The van der Waals surface area contributed by atoms with E-state index >= 15 is 0 Å². The molecule has 3 aromatic rings. The number of aromatic nitrogens is 5. The van der Waals surface area contributed by atoms with Gasteiger partial charge in [-0.25, -0.2) is 4.98 Å². The van der Waals surface area contributed by atoms with Crippen LogP contribution < -0.4 is 15.1 Å². The number of carbonyl (C=O) groups is 1. The number of likely N-dealkylation sites (N-methyl/N-ethyl adjacent to an activating group) is 1. The number of anilines is 2. The molecule has 0 radical (unpaired) electrons. The number of alkyl halides is 3. The molecule has 3 aromatic heterocycles. The molecule has 0 atom stereocenters. The third-order valence-corrected chi connectivity index (χ3v) is 6.32. The van der Waals surface area contributed by atoms with Gasteiger partial charge >= 0.3 is 6.18 Å². The van der Waals surface area contributed by atoms with Crippen molar-refractivity contribution >= 4 is 39.7 Å². The maximum absolute atomic E-state index is 13.2. The van der Waals surface area contributed by atoms with Crippen LogP contribution in [0.4, 0.5) is 24.9 Å². The molecule has 0 aromatic carbocycles. The normalized spacial score (nSPS) is 14.0. The lowest BCUT2D eigenvalue weighted by Gasteiger charge is -2.30. The smallest absolute Gasteiger partial charge is 0.357 e. The fourth-order valence-electron chi connectivity index (χ4n) is 3.67. The van der Waals surface area contributed by atoms with Gasteiger partial charge in [0.25, 0.3) is 0 Å². The maximum Gasteiger partial charge on any atom is 0.451 e. The fraction of sp³-hybridized carbons (Fsp3) is 0.526. The van der Waals surface area contributed by atoms with Crippen LogP contribution in [-0.2, 0) is 30.5 Å². The third-order valence-electron chi connectivity index (χ3n) is 5.23. The number of nitrogens with zero attached hydrogens (tertiary/aromatic N) is 7. The van der Waals surface area contributed by atoms with Crippen LogP contribution in [0.5, 0.6) is 0 Å². The zero-order valence-electron chi connectivity index (χ0n) is 17.7. The Morgan fingerprint density at radius 1 is 1.28 bits per heavy atom. The third kappa shape index (κ3) is 4.33. The van der Waals surface area contributed by atoms with Gasteiger partial charge in [-0.2, -0.15) is 18.2 Å². The molecule has 172 valence electrons. The van der Waals surface area contributed by atoms with Gasteiger partial charge in [0.2, 0.25) is 18.2 Å². The number of rotatable bonds is 8. The van der Waals surface area contributed by atoms with Crippen molar-refractivity contribution in [2.45, 2.75) is 39.0 Å². The van der Waals surface area contributed by atoms with E-state index in [1.807, 2.05) is 16.8 Å². The first-order valence-electron chi connectivity index (χ1n) is 10.2. The number of thiophene rings is 1. The Morgan fingerprint density at radius 3 is 2.81 bits per heavy atom. The highest BCUT2D eigenvalue weighted by atomic mass is 32.1. The van der Waals surface area contributed by atoms with Crippen molar-refractivity contribution in [1.82, 2.24) is 30.0 Å². The van der Waals surface area contributed by atoms with Crippen LogP contribution in [0.1, 0.15) is 29.9 Å². The van der Waals surface area contributed by atoms with Crippen molar-refractivity contribution in [2.24, 2.45) is 0 Å². The van der Waals surface area contributed by atoms with E-state index in [1.54, 1.807) is 11.3 Å². The van der Waals surface area contributed by atoms with Crippen molar-refractivity contribution in [3.8, 4) is 0 Å². The lowest BCUT2D eigenvalue weighted by atomic mass is 10.2. The molecule has 0 saturated heterocycles. The van der Waals surface area contributed by atoms with E-state index in [9.17, 15) is 18.0 Å². The molecule has 4 heterocycles. The van der Waals surface area contributed by atoms with Crippen LogP contribution in [-0.4, -0.2) is 57.8 Å². The van der Waals surface area contributed by atoms with Gasteiger partial charge < -0.3 is 19.7 Å². The second-order valence-electron chi connectivity index (χ2n) is 7.53. The van der Waals surface area contributed by atoms with Crippen LogP contribution in [0.15, 0.2) is 6.07 Å². The summed E-state index contributed by atoms with van der Waals surface area (Å²) in [6.45, 7) is 3.68. The quantitative estimate of drug-likeness (QED) is 0.401. The second kappa shape index (κ2) is 8.88. The number of amides is 1. The van der Waals surface area contributed by atoms with E-state index in [1.165, 1.54) is 4.88 Å². The number of fused-ring (bicyclic) bond motifs is 2. The van der Waals surface area contributed by atoms with E-state index in [2.05, 4.69) is 28.5 Å². The molecule has 0 unspecified atom stereocenters. The van der Waals surface area contributed by atoms with Gasteiger partial charge in [0.1, 0.15) is 10.6 Å². The summed E-state index contributed by atoms with van der Waals surface area (Å²) in [5, 5.41) is 10.6. The number of hydrogen-bond acceptors (Lipinski definition) is 8. The Labute approximate surface area is 186 Å². The molecule has 1 amide bonds. The van der Waals surface area contributed by atoms with E-state index in [-0.39, 0.29) is 18.9 Å². The standard InChI is InChI=1S/C19H23F3N8OS/c1-3-4-12-9-13-15(24-18(25-16(13)32-12)28(2)6-5-23-11-31)29-7-8-30-14(10-29)26-27-17(30)19(20,21)22/h9,11H,3-8,10H2,1-2H3,(H,23,31). The Hall–Kier alpha value is -2.96. The highest BCUT2D eigenvalue weighted by Gasteiger charge is 2.39. The summed E-state index contributed by atoms with van der Waals surface area (Å²) < 4.78 is 40.7. The summed E-state index contributed by atoms with van der Waals surface area (Å²) in [4.78, 5) is 25.8. The fourth-order valence-corrected chi connectivity index (χ4v) is 4.78. The predicted molar refractivity (Wildman–Crippen MR) is 115 cm³/mol. The minimum absolute atomic E-state index is 0.114. The molecule has 0 fully saturated rings. The summed E-state index contributed by atoms with van der Waals surface area (Å²) >= 11 is 1.59. The van der Waals surface area contributed by atoms with E-state index in [4.69, 9.17) is 9.97 Å². The molecule has 0 aliphatic carbocycles. The Balaban J connectivity index is 1.70. The molecule has 0 bridgehead atoms. The molecule has 1 aliphatic rings. The molecular weight excluding hydrogens is 445 g/mol. The topological polar surface area (TPSA) is 92.1 Å². The van der Waals surface area contributed by atoms with Crippen molar-refractivity contribution in [3.63, 3.8) is 0 Å². The number of carbonyl (C=O) groups excluding carboxylic acids is 1. The zero-order chi connectivity index (χ0) is 22.9. The summed E-state index contributed by atoms with van der Waals surface area (Å²) in [5.41, 5.74) is 0. The van der Waals surface area contributed by atoms with Crippen LogP contribution in [0.2, 0.25) is 0 Å². The summed E-state index contributed by atoms with van der Waals surface area (Å²) in [6.07, 6.45) is -1.99. The highest BCUT2D eigenvalue weighted by Crippen LogP contribution is 2.35. The van der Waals surface area contributed by atoms with E-state index in [0.717, 1.165) is 27.6 Å². The minimum atomic E-state index is -4.54. The molecule has 0 saturated carbocycles. The first-order valence-corrected chi connectivity index (χ1v) is 11.1. The lowest BCUT2D eigenvalue weighted by Crippen LogP contribution is -2.36. The van der Waals surface area contributed by atoms with Gasteiger partial charge in [0, 0.05) is 38.1 Å². The average molecular weight is 469 g/mol. The monoisotopic (exact) mass is 468 g/mol. The van der Waals surface area contributed by atoms with Crippen molar-refractivity contribution in [3.05, 3.63) is 22.6 Å². The zero-order valence-corrected chi connectivity index (χ0v) is 18.5. The van der Waals surface area contributed by atoms with Gasteiger partial charge in [-0.15, -0.1) is 21.5 Å². The number of nitrogens with one attached hydrogen (secondary N) is 1. The first-order chi connectivity index (χ1) is 15.3. The molecule has 1 N–H and O–H groups in total. The molecule has 32 heavy (non-hydrogen) atoms. The minimum Gasteiger partial charge on any atom is -0.357 e. The lowest BCUT2D eigenvalue weighted by molar-refractivity contribution is -0.147. The highest BCUT2D eigenvalue weighted by molar-refractivity contribution is 7.18. The summed E-state index contributed by atoms with van der Waals surface area (Å²) in [5.74, 6) is 0.447. The SMILES string of the molecule is CCCc1cc2c(N3CCn4c(nnc4C(F)(F)F)C3)nc(N(C)CCNC=O)nc2s1. The Bertz CT molecular complexity index is 1110. The first kappa shape index (κ1) is 22.2. The molecule has 9 nitrogen and oxygen atoms in total.